The fourth-order valence-corrected chi connectivity index (χ4v) is 2.88. The molecule has 3 atom stereocenters. The van der Waals surface area contributed by atoms with Gasteiger partial charge in [-0.05, 0) is 36.9 Å². The van der Waals surface area contributed by atoms with Gasteiger partial charge >= 0.3 is 0 Å². The Kier molecular flexibility index (Phi) is 6.57. The van der Waals surface area contributed by atoms with Crippen LogP contribution in [0.4, 0.5) is 0 Å². The summed E-state index contributed by atoms with van der Waals surface area (Å²) in [5, 5.41) is 13.2. The van der Waals surface area contributed by atoms with E-state index in [-0.39, 0.29) is 0 Å². The van der Waals surface area contributed by atoms with Gasteiger partial charge in [-0.2, -0.15) is 0 Å². The highest BCUT2D eigenvalue weighted by Crippen LogP contribution is 2.28. The molecule has 20 heavy (non-hydrogen) atoms. The first-order valence-corrected chi connectivity index (χ1v) is 7.74. The lowest BCUT2D eigenvalue weighted by Gasteiger charge is -2.29. The maximum Gasteiger partial charge on any atom is 0.129 e. The van der Waals surface area contributed by atoms with Crippen LogP contribution in [0.15, 0.2) is 22.8 Å². The van der Waals surface area contributed by atoms with Crippen molar-refractivity contribution < 1.29 is 14.3 Å². The molecule has 1 aromatic heterocycles. The second kappa shape index (κ2) is 8.45. The van der Waals surface area contributed by atoms with Gasteiger partial charge in [-0.15, -0.1) is 0 Å². The van der Waals surface area contributed by atoms with Crippen LogP contribution in [0.25, 0.3) is 0 Å². The zero-order chi connectivity index (χ0) is 14.2. The summed E-state index contributed by atoms with van der Waals surface area (Å²) in [4.78, 5) is 0. The highest BCUT2D eigenvalue weighted by molar-refractivity contribution is 4.96. The molecule has 0 aromatic carbocycles. The molecule has 0 saturated heterocycles. The maximum absolute atomic E-state index is 9.86. The van der Waals surface area contributed by atoms with E-state index >= 15 is 0 Å². The quantitative estimate of drug-likeness (QED) is 0.769. The number of aliphatic hydroxyl groups excluding tert-OH is 1. The highest BCUT2D eigenvalue weighted by Gasteiger charge is 2.20. The minimum atomic E-state index is -0.455. The van der Waals surface area contributed by atoms with Gasteiger partial charge < -0.3 is 19.6 Å². The highest BCUT2D eigenvalue weighted by atomic mass is 16.5. The molecule has 1 aliphatic carbocycles. The second-order valence-electron chi connectivity index (χ2n) is 5.93. The van der Waals surface area contributed by atoms with Gasteiger partial charge in [-0.25, -0.2) is 0 Å². The minimum absolute atomic E-state index is 0.341. The second-order valence-corrected chi connectivity index (χ2v) is 5.93. The van der Waals surface area contributed by atoms with Crippen molar-refractivity contribution in [1.29, 1.82) is 0 Å². The van der Waals surface area contributed by atoms with Crippen LogP contribution in [0.5, 0.6) is 0 Å². The molecule has 0 spiro atoms. The standard InChI is InChI=1S/C16H27NO3/c1-13-5-2-3-6-14(13)9-17-10-15(18)11-19-12-16-7-4-8-20-16/h4,7-8,13-15,17-18H,2-3,5-6,9-12H2,1H3. The summed E-state index contributed by atoms with van der Waals surface area (Å²) in [5.74, 6) is 2.37. The Hall–Kier alpha value is -0.840. The Morgan fingerprint density at radius 2 is 2.30 bits per heavy atom. The van der Waals surface area contributed by atoms with Crippen molar-refractivity contribution in [1.82, 2.24) is 5.32 Å². The molecule has 0 aliphatic heterocycles. The van der Waals surface area contributed by atoms with E-state index in [1.165, 1.54) is 25.7 Å². The summed E-state index contributed by atoms with van der Waals surface area (Å²) in [6.07, 6.45) is 6.57. The predicted octanol–water partition coefficient (Wildman–Crippen LogP) is 2.57. The Bertz CT molecular complexity index is 353. The number of hydrogen-bond donors (Lipinski definition) is 2. The van der Waals surface area contributed by atoms with Crippen LogP contribution >= 0.6 is 0 Å². The normalized spacial score (nSPS) is 24.7. The van der Waals surface area contributed by atoms with Crippen LogP contribution < -0.4 is 5.32 Å². The Morgan fingerprint density at radius 3 is 3.05 bits per heavy atom. The molecule has 0 amide bonds. The van der Waals surface area contributed by atoms with Crippen LogP contribution in [-0.4, -0.2) is 30.9 Å². The van der Waals surface area contributed by atoms with Crippen molar-refractivity contribution in [3.05, 3.63) is 24.2 Å². The van der Waals surface area contributed by atoms with Gasteiger partial charge in [0.1, 0.15) is 12.4 Å². The molecule has 4 heteroatoms. The van der Waals surface area contributed by atoms with E-state index in [1.54, 1.807) is 6.26 Å². The van der Waals surface area contributed by atoms with Gasteiger partial charge in [-0.3, -0.25) is 0 Å². The zero-order valence-electron chi connectivity index (χ0n) is 12.4. The van der Waals surface area contributed by atoms with E-state index < -0.39 is 6.10 Å². The van der Waals surface area contributed by atoms with E-state index in [0.29, 0.717) is 19.8 Å². The maximum atomic E-state index is 9.86. The molecule has 2 rings (SSSR count). The molecule has 0 radical (unpaired) electrons. The third-order valence-corrected chi connectivity index (χ3v) is 4.21. The Labute approximate surface area is 121 Å². The average Bonchev–Trinajstić information content (AvgIpc) is 2.94. The number of hydrogen-bond acceptors (Lipinski definition) is 4. The lowest BCUT2D eigenvalue weighted by molar-refractivity contribution is 0.0219. The van der Waals surface area contributed by atoms with Crippen molar-refractivity contribution in [3.63, 3.8) is 0 Å². The van der Waals surface area contributed by atoms with Crippen LogP contribution in [0.3, 0.4) is 0 Å². The summed E-state index contributed by atoms with van der Waals surface area (Å²) in [6.45, 7) is 4.71. The predicted molar refractivity (Wildman–Crippen MR) is 78.4 cm³/mol. The number of ether oxygens (including phenoxy) is 1. The zero-order valence-corrected chi connectivity index (χ0v) is 12.4. The monoisotopic (exact) mass is 281 g/mol. The van der Waals surface area contributed by atoms with E-state index in [1.807, 2.05) is 12.1 Å². The summed E-state index contributed by atoms with van der Waals surface area (Å²) in [5.41, 5.74) is 0. The third-order valence-electron chi connectivity index (χ3n) is 4.21. The summed E-state index contributed by atoms with van der Waals surface area (Å²) in [7, 11) is 0. The van der Waals surface area contributed by atoms with Gasteiger partial charge in [0.05, 0.1) is 19.0 Å². The molecule has 114 valence electrons. The number of furan rings is 1. The molecule has 1 heterocycles. The van der Waals surface area contributed by atoms with E-state index in [2.05, 4.69) is 12.2 Å². The van der Waals surface area contributed by atoms with Gasteiger partial charge in [-0.1, -0.05) is 26.2 Å². The van der Waals surface area contributed by atoms with Crippen LogP contribution in [0.2, 0.25) is 0 Å². The van der Waals surface area contributed by atoms with Crippen molar-refractivity contribution in [3.8, 4) is 0 Å². The van der Waals surface area contributed by atoms with E-state index in [9.17, 15) is 5.11 Å². The molecule has 1 aliphatic rings. The van der Waals surface area contributed by atoms with E-state index in [0.717, 1.165) is 24.1 Å². The van der Waals surface area contributed by atoms with Gasteiger partial charge in [0, 0.05) is 6.54 Å². The lowest BCUT2D eigenvalue weighted by Crippen LogP contribution is -2.35. The first-order valence-electron chi connectivity index (χ1n) is 7.74. The number of rotatable bonds is 8. The largest absolute Gasteiger partial charge is 0.467 e. The lowest BCUT2D eigenvalue weighted by atomic mass is 9.80. The first-order chi connectivity index (χ1) is 9.75. The summed E-state index contributed by atoms with van der Waals surface area (Å²) >= 11 is 0. The van der Waals surface area contributed by atoms with Crippen molar-refractivity contribution in [2.75, 3.05) is 19.7 Å². The fraction of sp³-hybridized carbons (Fsp3) is 0.750. The minimum Gasteiger partial charge on any atom is -0.467 e. The molecule has 4 nitrogen and oxygen atoms in total. The van der Waals surface area contributed by atoms with Crippen molar-refractivity contribution >= 4 is 0 Å². The SMILES string of the molecule is CC1CCCCC1CNCC(O)COCc1ccco1. The van der Waals surface area contributed by atoms with Gasteiger partial charge in [0.2, 0.25) is 0 Å². The molecule has 3 unspecified atom stereocenters. The van der Waals surface area contributed by atoms with Crippen LogP contribution in [-0.2, 0) is 11.3 Å². The molecular formula is C16H27NO3. The Morgan fingerprint density at radius 1 is 1.45 bits per heavy atom. The van der Waals surface area contributed by atoms with Gasteiger partial charge in [0.15, 0.2) is 0 Å². The average molecular weight is 281 g/mol. The van der Waals surface area contributed by atoms with Crippen molar-refractivity contribution in [2.24, 2.45) is 11.8 Å². The van der Waals surface area contributed by atoms with E-state index in [4.69, 9.17) is 9.15 Å². The fourth-order valence-electron chi connectivity index (χ4n) is 2.88. The molecule has 2 N–H and O–H groups in total. The number of nitrogens with one attached hydrogen (secondary N) is 1. The first kappa shape index (κ1) is 15.5. The van der Waals surface area contributed by atoms with Crippen molar-refractivity contribution in [2.45, 2.75) is 45.3 Å². The summed E-state index contributed by atoms with van der Waals surface area (Å²) in [6, 6.07) is 3.71. The summed E-state index contributed by atoms with van der Waals surface area (Å²) < 4.78 is 10.6. The molecule has 0 bridgehead atoms. The van der Waals surface area contributed by atoms with Crippen LogP contribution in [0.1, 0.15) is 38.4 Å². The van der Waals surface area contributed by atoms with Gasteiger partial charge in [0.25, 0.3) is 0 Å². The Balaban J connectivity index is 1.52. The topological polar surface area (TPSA) is 54.6 Å². The third kappa shape index (κ3) is 5.27. The molecule has 1 saturated carbocycles. The molecule has 1 fully saturated rings. The van der Waals surface area contributed by atoms with Crippen LogP contribution in [0, 0.1) is 11.8 Å². The smallest absolute Gasteiger partial charge is 0.129 e. The number of aliphatic hydroxyl groups is 1. The molecule has 1 aromatic rings. The molecular weight excluding hydrogens is 254 g/mol.